The van der Waals surface area contributed by atoms with Crippen molar-refractivity contribution in [2.75, 3.05) is 14.2 Å². The van der Waals surface area contributed by atoms with Gasteiger partial charge in [0.1, 0.15) is 6.04 Å². The van der Waals surface area contributed by atoms with Crippen LogP contribution >= 0.6 is 0 Å². The Balaban J connectivity index is 1.43. The lowest BCUT2D eigenvalue weighted by Crippen LogP contribution is -2.43. The van der Waals surface area contributed by atoms with Gasteiger partial charge < -0.3 is 20.5 Å². The summed E-state index contributed by atoms with van der Waals surface area (Å²) in [5.41, 5.74) is 10.3. The van der Waals surface area contributed by atoms with Crippen LogP contribution < -0.4 is 25.8 Å². The Morgan fingerprint density at radius 2 is 1.57 bits per heavy atom. The predicted octanol–water partition coefficient (Wildman–Crippen LogP) is 2.78. The number of guanidine groups is 1. The zero-order valence-electron chi connectivity index (χ0n) is 21.1. The molecule has 192 valence electrons. The summed E-state index contributed by atoms with van der Waals surface area (Å²) in [5.74, 6) is 0.415. The van der Waals surface area contributed by atoms with E-state index >= 15 is 0 Å². The molecule has 4 N–H and O–H groups in total. The molecule has 1 atom stereocenters. The fourth-order valence-corrected chi connectivity index (χ4v) is 4.50. The van der Waals surface area contributed by atoms with Gasteiger partial charge in [-0.3, -0.25) is 14.9 Å². The molecule has 0 bridgehead atoms. The molecule has 0 fully saturated rings. The van der Waals surface area contributed by atoms with E-state index in [1.807, 2.05) is 66.7 Å². The van der Waals surface area contributed by atoms with Crippen LogP contribution in [-0.4, -0.2) is 38.0 Å². The van der Waals surface area contributed by atoms with Crippen molar-refractivity contribution in [2.45, 2.75) is 31.8 Å². The number of carbonyl (C=O) groups is 2. The van der Waals surface area contributed by atoms with E-state index in [1.54, 1.807) is 20.3 Å². The van der Waals surface area contributed by atoms with Crippen LogP contribution in [-0.2, 0) is 35.4 Å². The van der Waals surface area contributed by atoms with Gasteiger partial charge in [0.15, 0.2) is 17.5 Å². The Morgan fingerprint density at radius 3 is 2.22 bits per heavy atom. The molecule has 0 heterocycles. The number of hydrogen-bond acceptors (Lipinski definition) is 5. The van der Waals surface area contributed by atoms with Crippen molar-refractivity contribution < 1.29 is 19.1 Å². The predicted molar refractivity (Wildman–Crippen MR) is 142 cm³/mol. The van der Waals surface area contributed by atoms with Gasteiger partial charge in [-0.25, -0.2) is 4.99 Å². The molecule has 8 nitrogen and oxygen atoms in total. The van der Waals surface area contributed by atoms with Crippen molar-refractivity contribution in [3.63, 3.8) is 0 Å². The standard InChI is InChI=1S/C29H32N4O4/c1-36-25-13-12-20(15-26(25)37-2)18-31-28(35)24(14-19-8-4-3-5-9-19)32-29(30)33-27(34)23-16-21-10-6-7-11-22(21)17-23/h3-13,15,23-24H,14,16-18H2,1-2H3,(H,31,35)(H3,30,32,33,34)/t24-/m1/s1. The number of fused-ring (bicyclic) bond motifs is 1. The van der Waals surface area contributed by atoms with Crippen molar-refractivity contribution in [3.8, 4) is 11.5 Å². The van der Waals surface area contributed by atoms with Crippen LogP contribution in [0, 0.1) is 5.92 Å². The highest BCUT2D eigenvalue weighted by Gasteiger charge is 2.28. The SMILES string of the molecule is COc1ccc(CNC(=O)[C@@H](Cc2ccccc2)N=C(N)NC(=O)C2Cc3ccccc3C2)cc1OC. The minimum Gasteiger partial charge on any atom is -0.493 e. The van der Waals surface area contributed by atoms with Gasteiger partial charge in [0, 0.05) is 18.9 Å². The molecule has 2 amide bonds. The summed E-state index contributed by atoms with van der Waals surface area (Å²) in [5, 5.41) is 5.63. The Morgan fingerprint density at radius 1 is 0.919 bits per heavy atom. The van der Waals surface area contributed by atoms with Crippen LogP contribution in [0.2, 0.25) is 0 Å². The minimum atomic E-state index is -0.816. The Bertz CT molecular complexity index is 1250. The molecular weight excluding hydrogens is 468 g/mol. The van der Waals surface area contributed by atoms with Crippen molar-refractivity contribution in [1.82, 2.24) is 10.6 Å². The van der Waals surface area contributed by atoms with E-state index in [0.29, 0.717) is 30.8 Å². The first-order chi connectivity index (χ1) is 18.0. The smallest absolute Gasteiger partial charge is 0.245 e. The van der Waals surface area contributed by atoms with E-state index in [2.05, 4.69) is 15.6 Å². The van der Waals surface area contributed by atoms with Gasteiger partial charge >= 0.3 is 0 Å². The number of aliphatic imine (C=N–C) groups is 1. The second-order valence-corrected chi connectivity index (χ2v) is 8.99. The largest absolute Gasteiger partial charge is 0.493 e. The zero-order valence-corrected chi connectivity index (χ0v) is 21.1. The maximum atomic E-state index is 13.2. The second-order valence-electron chi connectivity index (χ2n) is 8.99. The molecule has 1 aliphatic rings. The molecule has 0 aromatic heterocycles. The average Bonchev–Trinajstić information content (AvgIpc) is 3.36. The van der Waals surface area contributed by atoms with E-state index < -0.39 is 6.04 Å². The summed E-state index contributed by atoms with van der Waals surface area (Å²) < 4.78 is 10.6. The molecule has 0 spiro atoms. The fraction of sp³-hybridized carbons (Fsp3) is 0.276. The highest BCUT2D eigenvalue weighted by molar-refractivity contribution is 5.98. The summed E-state index contributed by atoms with van der Waals surface area (Å²) >= 11 is 0. The van der Waals surface area contributed by atoms with Crippen molar-refractivity contribution in [1.29, 1.82) is 0 Å². The highest BCUT2D eigenvalue weighted by atomic mass is 16.5. The molecule has 0 unspecified atom stereocenters. The van der Waals surface area contributed by atoms with Crippen molar-refractivity contribution in [3.05, 3.63) is 95.1 Å². The number of nitrogens with two attached hydrogens (primary N) is 1. The molecule has 1 aliphatic carbocycles. The summed E-state index contributed by atoms with van der Waals surface area (Å²) in [6.45, 7) is 0.270. The monoisotopic (exact) mass is 500 g/mol. The first kappa shape index (κ1) is 25.8. The molecule has 4 rings (SSSR count). The minimum absolute atomic E-state index is 0.0665. The Kier molecular flexibility index (Phi) is 8.40. The van der Waals surface area contributed by atoms with Crippen molar-refractivity contribution >= 4 is 17.8 Å². The summed E-state index contributed by atoms with van der Waals surface area (Å²) in [6, 6.07) is 22.2. The van der Waals surface area contributed by atoms with Gasteiger partial charge in [0.2, 0.25) is 11.8 Å². The number of hydrogen-bond donors (Lipinski definition) is 3. The topological polar surface area (TPSA) is 115 Å². The van der Waals surface area contributed by atoms with Crippen LogP contribution in [0.25, 0.3) is 0 Å². The number of amides is 2. The molecule has 0 saturated carbocycles. The van der Waals surface area contributed by atoms with Gasteiger partial charge in [-0.05, 0) is 47.2 Å². The lowest BCUT2D eigenvalue weighted by atomic mass is 10.1. The van der Waals surface area contributed by atoms with Gasteiger partial charge in [0.05, 0.1) is 14.2 Å². The lowest BCUT2D eigenvalue weighted by Gasteiger charge is -2.16. The average molecular weight is 501 g/mol. The van der Waals surface area contributed by atoms with Crippen LogP contribution in [0.1, 0.15) is 22.3 Å². The van der Waals surface area contributed by atoms with Gasteiger partial charge in [-0.1, -0.05) is 60.7 Å². The first-order valence-electron chi connectivity index (χ1n) is 12.2. The normalized spacial score (nSPS) is 13.9. The summed E-state index contributed by atoms with van der Waals surface area (Å²) in [4.78, 5) is 30.5. The molecule has 0 radical (unpaired) electrons. The van der Waals surface area contributed by atoms with Crippen molar-refractivity contribution in [2.24, 2.45) is 16.6 Å². The molecular formula is C29H32N4O4. The van der Waals surface area contributed by atoms with Gasteiger partial charge in [-0.15, -0.1) is 0 Å². The highest BCUT2D eigenvalue weighted by Crippen LogP contribution is 2.28. The molecule has 3 aromatic rings. The summed E-state index contributed by atoms with van der Waals surface area (Å²) in [7, 11) is 3.13. The van der Waals surface area contributed by atoms with E-state index in [1.165, 1.54) is 11.1 Å². The Labute approximate surface area is 216 Å². The Hall–Kier alpha value is -4.33. The molecule has 3 aromatic carbocycles. The number of ether oxygens (including phenoxy) is 2. The zero-order chi connectivity index (χ0) is 26.2. The van der Waals surface area contributed by atoms with Gasteiger partial charge in [0.25, 0.3) is 0 Å². The number of benzene rings is 3. The number of rotatable bonds is 9. The van der Waals surface area contributed by atoms with Gasteiger partial charge in [-0.2, -0.15) is 0 Å². The maximum Gasteiger partial charge on any atom is 0.245 e. The quantitative estimate of drug-likeness (QED) is 0.309. The number of methoxy groups -OCH3 is 2. The lowest BCUT2D eigenvalue weighted by molar-refractivity contribution is -0.124. The molecule has 37 heavy (non-hydrogen) atoms. The second kappa shape index (κ2) is 12.1. The van der Waals surface area contributed by atoms with Crippen LogP contribution in [0.3, 0.4) is 0 Å². The van der Waals surface area contributed by atoms with E-state index in [0.717, 1.165) is 11.1 Å². The first-order valence-corrected chi connectivity index (χ1v) is 12.2. The molecule has 8 heteroatoms. The van der Waals surface area contributed by atoms with E-state index in [-0.39, 0.29) is 30.2 Å². The molecule has 0 saturated heterocycles. The summed E-state index contributed by atoms with van der Waals surface area (Å²) in [6.07, 6.45) is 1.66. The maximum absolute atomic E-state index is 13.2. The fourth-order valence-electron chi connectivity index (χ4n) is 4.50. The van der Waals surface area contributed by atoms with E-state index in [4.69, 9.17) is 15.2 Å². The molecule has 0 aliphatic heterocycles. The van der Waals surface area contributed by atoms with Crippen LogP contribution in [0.15, 0.2) is 77.8 Å². The van der Waals surface area contributed by atoms with E-state index in [9.17, 15) is 9.59 Å². The van der Waals surface area contributed by atoms with Crippen LogP contribution in [0.5, 0.6) is 11.5 Å². The number of carbonyl (C=O) groups excluding carboxylic acids is 2. The van der Waals surface area contributed by atoms with Crippen LogP contribution in [0.4, 0.5) is 0 Å². The third kappa shape index (κ3) is 6.67. The number of nitrogens with one attached hydrogen (secondary N) is 2. The third-order valence-corrected chi connectivity index (χ3v) is 6.46. The number of nitrogens with zero attached hydrogens (tertiary/aromatic N) is 1. The third-order valence-electron chi connectivity index (χ3n) is 6.46.